The van der Waals surface area contributed by atoms with E-state index in [9.17, 15) is 9.59 Å². The van der Waals surface area contributed by atoms with Crippen LogP contribution >= 0.6 is 0 Å². The molecule has 200 valence electrons. The van der Waals surface area contributed by atoms with Crippen molar-refractivity contribution in [2.75, 3.05) is 30.4 Å². The van der Waals surface area contributed by atoms with Crippen LogP contribution in [0.4, 0.5) is 11.4 Å². The molecule has 0 bridgehead atoms. The quantitative estimate of drug-likeness (QED) is 0.464. The van der Waals surface area contributed by atoms with E-state index in [1.54, 1.807) is 7.11 Å². The summed E-state index contributed by atoms with van der Waals surface area (Å²) in [5.74, 6) is 0.947. The lowest BCUT2D eigenvalue weighted by Gasteiger charge is -2.39. The number of benzene rings is 3. The molecule has 0 fully saturated rings. The first kappa shape index (κ1) is 25.2. The highest BCUT2D eigenvalue weighted by Gasteiger charge is 2.42. The molecule has 0 saturated heterocycles. The number of Topliss-reactive ketones (excluding diaryl/α,β-unsaturated/α-hetero) is 1. The van der Waals surface area contributed by atoms with Crippen molar-refractivity contribution in [1.29, 1.82) is 0 Å². The molecular formula is C33H35N3O3. The zero-order valence-electron chi connectivity index (χ0n) is 22.9. The van der Waals surface area contributed by atoms with Gasteiger partial charge in [0.05, 0.1) is 31.1 Å². The maximum Gasteiger partial charge on any atom is 0.242 e. The Morgan fingerprint density at radius 2 is 1.69 bits per heavy atom. The number of ether oxygens (including phenoxy) is 1. The second-order valence-electron chi connectivity index (χ2n) is 11.6. The third-order valence-electron chi connectivity index (χ3n) is 8.22. The van der Waals surface area contributed by atoms with Gasteiger partial charge in [0.25, 0.3) is 0 Å². The van der Waals surface area contributed by atoms with Crippen LogP contribution in [0.15, 0.2) is 84.1 Å². The number of carbonyl (C=O) groups is 2. The summed E-state index contributed by atoms with van der Waals surface area (Å²) in [5.41, 5.74) is 6.88. The molecule has 0 saturated carbocycles. The van der Waals surface area contributed by atoms with E-state index < -0.39 is 6.04 Å². The lowest BCUT2D eigenvalue weighted by Crippen LogP contribution is -2.45. The third-order valence-corrected chi connectivity index (χ3v) is 8.22. The van der Waals surface area contributed by atoms with Crippen LogP contribution in [-0.4, -0.2) is 36.8 Å². The fourth-order valence-electron chi connectivity index (χ4n) is 6.31. The molecule has 0 aromatic heterocycles. The summed E-state index contributed by atoms with van der Waals surface area (Å²) >= 11 is 0. The van der Waals surface area contributed by atoms with Crippen molar-refractivity contribution >= 4 is 23.1 Å². The zero-order valence-corrected chi connectivity index (χ0v) is 22.9. The van der Waals surface area contributed by atoms with E-state index in [2.05, 4.69) is 42.3 Å². The van der Waals surface area contributed by atoms with Gasteiger partial charge >= 0.3 is 0 Å². The molecule has 2 heterocycles. The summed E-state index contributed by atoms with van der Waals surface area (Å²) in [7, 11) is 1.65. The molecule has 1 aliphatic carbocycles. The van der Waals surface area contributed by atoms with Crippen LogP contribution in [-0.2, 0) is 22.6 Å². The average Bonchev–Trinajstić information content (AvgIpc) is 3.06. The number of amides is 1. The minimum absolute atomic E-state index is 0.0606. The summed E-state index contributed by atoms with van der Waals surface area (Å²) < 4.78 is 5.43. The van der Waals surface area contributed by atoms with Gasteiger partial charge in [-0.05, 0) is 59.2 Å². The molecule has 0 spiro atoms. The Hall–Kier alpha value is -4.06. The number of rotatable bonds is 4. The second kappa shape index (κ2) is 9.92. The Morgan fingerprint density at radius 3 is 2.46 bits per heavy atom. The van der Waals surface area contributed by atoms with Gasteiger partial charge in [-0.2, -0.15) is 0 Å². The molecule has 6 rings (SSSR count). The maximum atomic E-state index is 14.0. The highest BCUT2D eigenvalue weighted by Crippen LogP contribution is 2.48. The van der Waals surface area contributed by atoms with E-state index in [0.717, 1.165) is 46.8 Å². The first-order valence-corrected chi connectivity index (χ1v) is 13.7. The number of anilines is 2. The van der Waals surface area contributed by atoms with E-state index in [1.165, 1.54) is 11.1 Å². The normalized spacial score (nSPS) is 19.9. The topological polar surface area (TPSA) is 61.9 Å². The van der Waals surface area contributed by atoms with Crippen molar-refractivity contribution in [2.24, 2.45) is 5.41 Å². The van der Waals surface area contributed by atoms with Gasteiger partial charge in [0.15, 0.2) is 5.78 Å². The molecule has 2 aliphatic heterocycles. The molecule has 1 atom stereocenters. The van der Waals surface area contributed by atoms with Crippen LogP contribution < -0.4 is 15.0 Å². The molecule has 6 heteroatoms. The SMILES string of the molecule is COc1ccc(C2C3=C(CC(C)(C)CC3=O)Nc3ccccc3N2CC(=O)N2CCc3ccccc3C2)cc1. The van der Waals surface area contributed by atoms with Gasteiger partial charge in [-0.15, -0.1) is 0 Å². The number of hydrogen-bond donors (Lipinski definition) is 1. The van der Waals surface area contributed by atoms with E-state index >= 15 is 0 Å². The molecule has 0 radical (unpaired) electrons. The summed E-state index contributed by atoms with van der Waals surface area (Å²) in [6.45, 7) is 5.76. The Bertz CT molecular complexity index is 1460. The van der Waals surface area contributed by atoms with E-state index in [0.29, 0.717) is 19.5 Å². The smallest absolute Gasteiger partial charge is 0.242 e. The summed E-state index contributed by atoms with van der Waals surface area (Å²) in [5, 5.41) is 3.63. The molecule has 3 aliphatic rings. The van der Waals surface area contributed by atoms with Gasteiger partial charge in [0.2, 0.25) is 5.91 Å². The third kappa shape index (κ3) is 4.80. The van der Waals surface area contributed by atoms with Gasteiger partial charge in [0.1, 0.15) is 5.75 Å². The molecular weight excluding hydrogens is 486 g/mol. The van der Waals surface area contributed by atoms with Crippen LogP contribution in [0.1, 0.15) is 49.4 Å². The van der Waals surface area contributed by atoms with Crippen LogP contribution in [0.25, 0.3) is 0 Å². The second-order valence-corrected chi connectivity index (χ2v) is 11.6. The van der Waals surface area contributed by atoms with Gasteiger partial charge < -0.3 is 19.9 Å². The van der Waals surface area contributed by atoms with Crippen molar-refractivity contribution in [3.05, 3.63) is 101 Å². The molecule has 1 amide bonds. The van der Waals surface area contributed by atoms with Crippen LogP contribution in [0.5, 0.6) is 5.75 Å². The van der Waals surface area contributed by atoms with Gasteiger partial charge in [-0.1, -0.05) is 62.4 Å². The lowest BCUT2D eigenvalue weighted by atomic mass is 9.73. The van der Waals surface area contributed by atoms with Gasteiger partial charge in [-0.3, -0.25) is 9.59 Å². The van der Waals surface area contributed by atoms with Gasteiger partial charge in [-0.25, -0.2) is 0 Å². The number of ketones is 1. The monoisotopic (exact) mass is 521 g/mol. The Labute approximate surface area is 230 Å². The van der Waals surface area contributed by atoms with E-state index in [4.69, 9.17) is 4.74 Å². The van der Waals surface area contributed by atoms with Crippen molar-refractivity contribution < 1.29 is 14.3 Å². The summed E-state index contributed by atoms with van der Waals surface area (Å²) in [4.78, 5) is 31.9. The molecule has 3 aromatic rings. The average molecular weight is 522 g/mol. The van der Waals surface area contributed by atoms with Crippen LogP contribution in [0, 0.1) is 5.41 Å². The number of nitrogens with zero attached hydrogens (tertiary/aromatic N) is 2. The number of fused-ring (bicyclic) bond motifs is 2. The maximum absolute atomic E-state index is 14.0. The first-order valence-electron chi connectivity index (χ1n) is 13.7. The fraction of sp³-hybridized carbons (Fsp3) is 0.333. The van der Waals surface area contributed by atoms with Gasteiger partial charge in [0, 0.05) is 30.8 Å². The summed E-state index contributed by atoms with van der Waals surface area (Å²) in [6, 6.07) is 23.9. The van der Waals surface area contributed by atoms with Crippen LogP contribution in [0.3, 0.4) is 0 Å². The molecule has 6 nitrogen and oxygen atoms in total. The molecule has 1 N–H and O–H groups in total. The highest BCUT2D eigenvalue weighted by molar-refractivity contribution is 6.02. The van der Waals surface area contributed by atoms with Crippen molar-refractivity contribution in [3.8, 4) is 5.75 Å². The number of nitrogens with one attached hydrogen (secondary N) is 1. The fourth-order valence-corrected chi connectivity index (χ4v) is 6.31. The molecule has 39 heavy (non-hydrogen) atoms. The van der Waals surface area contributed by atoms with Crippen LogP contribution in [0.2, 0.25) is 0 Å². The number of methoxy groups -OCH3 is 1. The van der Waals surface area contributed by atoms with Crippen molar-refractivity contribution in [2.45, 2.75) is 45.7 Å². The Balaban J connectivity index is 1.44. The summed E-state index contributed by atoms with van der Waals surface area (Å²) in [6.07, 6.45) is 2.09. The zero-order chi connectivity index (χ0) is 27.1. The Kier molecular flexibility index (Phi) is 6.42. The van der Waals surface area contributed by atoms with E-state index in [-0.39, 0.29) is 23.7 Å². The minimum atomic E-state index is -0.397. The largest absolute Gasteiger partial charge is 0.497 e. The Morgan fingerprint density at radius 1 is 0.974 bits per heavy atom. The number of allylic oxidation sites excluding steroid dienone is 1. The number of hydrogen-bond acceptors (Lipinski definition) is 5. The minimum Gasteiger partial charge on any atom is -0.497 e. The molecule has 3 aromatic carbocycles. The predicted octanol–water partition coefficient (Wildman–Crippen LogP) is 5.90. The predicted molar refractivity (Wildman–Crippen MR) is 154 cm³/mol. The number of carbonyl (C=O) groups excluding carboxylic acids is 2. The van der Waals surface area contributed by atoms with Crippen molar-refractivity contribution in [3.63, 3.8) is 0 Å². The molecule has 1 unspecified atom stereocenters. The van der Waals surface area contributed by atoms with Crippen molar-refractivity contribution in [1.82, 2.24) is 4.90 Å². The number of para-hydroxylation sites is 2. The lowest BCUT2D eigenvalue weighted by molar-refractivity contribution is -0.130. The van der Waals surface area contributed by atoms with E-state index in [1.807, 2.05) is 59.5 Å². The standard InChI is InChI=1S/C33H35N3O3/c1-33(2)18-27-31(29(37)19-33)32(23-12-14-25(39-3)15-13-23)36(28-11-7-6-10-26(28)34-27)21-30(38)35-17-16-22-8-4-5-9-24(22)20-35/h4-15,32,34H,16-21H2,1-3H3. The first-order chi connectivity index (χ1) is 18.8. The highest BCUT2D eigenvalue weighted by atomic mass is 16.5.